The van der Waals surface area contributed by atoms with Crippen LogP contribution in [0.2, 0.25) is 0 Å². The second kappa shape index (κ2) is 7.36. The highest BCUT2D eigenvalue weighted by Gasteiger charge is 2.28. The quantitative estimate of drug-likeness (QED) is 0.846. The molecule has 1 aliphatic rings. The molecule has 1 aromatic carbocycles. The summed E-state index contributed by atoms with van der Waals surface area (Å²) in [5.41, 5.74) is 2.08. The molecule has 1 atom stereocenters. The van der Waals surface area contributed by atoms with Crippen LogP contribution in [0.4, 0.5) is 10.5 Å². The van der Waals surface area contributed by atoms with E-state index in [-0.39, 0.29) is 6.03 Å². The molecule has 5 nitrogen and oxygen atoms in total. The molecule has 0 aliphatic carbocycles. The lowest BCUT2D eigenvalue weighted by atomic mass is 10.2. The van der Waals surface area contributed by atoms with E-state index in [1.165, 1.54) is 7.11 Å². The highest BCUT2D eigenvalue weighted by Crippen LogP contribution is 2.27. The van der Waals surface area contributed by atoms with E-state index in [1.54, 1.807) is 16.7 Å². The Kier molecular flexibility index (Phi) is 5.50. The van der Waals surface area contributed by atoms with Crippen LogP contribution in [-0.4, -0.2) is 43.7 Å². The third-order valence-corrected chi connectivity index (χ3v) is 4.17. The van der Waals surface area contributed by atoms with Crippen molar-refractivity contribution in [2.75, 3.05) is 30.6 Å². The third kappa shape index (κ3) is 3.69. The molecule has 1 aromatic rings. The van der Waals surface area contributed by atoms with Gasteiger partial charge in [-0.2, -0.15) is 11.8 Å². The van der Waals surface area contributed by atoms with Gasteiger partial charge in [-0.3, -0.25) is 4.90 Å². The number of rotatable bonds is 5. The lowest BCUT2D eigenvalue weighted by Gasteiger charge is -2.22. The van der Waals surface area contributed by atoms with Gasteiger partial charge in [0.2, 0.25) is 0 Å². The first-order valence-electron chi connectivity index (χ1n) is 6.90. The van der Waals surface area contributed by atoms with Gasteiger partial charge < -0.3 is 10.1 Å². The maximum absolute atomic E-state index is 12.4. The molecule has 1 unspecified atom stereocenters. The van der Waals surface area contributed by atoms with E-state index in [0.717, 1.165) is 23.4 Å². The lowest BCUT2D eigenvalue weighted by Crippen LogP contribution is -2.48. The van der Waals surface area contributed by atoms with E-state index in [0.29, 0.717) is 13.0 Å². The van der Waals surface area contributed by atoms with Crippen molar-refractivity contribution in [3.63, 3.8) is 0 Å². The molecule has 1 N–H and O–H groups in total. The van der Waals surface area contributed by atoms with Gasteiger partial charge in [0.1, 0.15) is 6.04 Å². The number of carbonyl (C=O) groups is 2. The van der Waals surface area contributed by atoms with Crippen LogP contribution in [-0.2, 0) is 16.0 Å². The molecule has 0 spiro atoms. The number of nitrogens with one attached hydrogen (secondary N) is 1. The number of urea groups is 1. The van der Waals surface area contributed by atoms with Crippen LogP contribution >= 0.6 is 11.8 Å². The predicted molar refractivity (Wildman–Crippen MR) is 84.8 cm³/mol. The number of methoxy groups -OCH3 is 1. The van der Waals surface area contributed by atoms with Gasteiger partial charge in [0, 0.05) is 12.2 Å². The fourth-order valence-electron chi connectivity index (χ4n) is 2.40. The molecular formula is C15H20N2O3S. The zero-order chi connectivity index (χ0) is 15.2. The molecule has 2 amide bonds. The molecule has 0 saturated carbocycles. The highest BCUT2D eigenvalue weighted by atomic mass is 32.2. The van der Waals surface area contributed by atoms with Crippen molar-refractivity contribution < 1.29 is 14.3 Å². The number of thioether (sulfide) groups is 1. The minimum Gasteiger partial charge on any atom is -0.467 e. The molecule has 114 valence electrons. The summed E-state index contributed by atoms with van der Waals surface area (Å²) in [4.78, 5) is 25.8. The first-order valence-corrected chi connectivity index (χ1v) is 8.29. The molecular weight excluding hydrogens is 288 g/mol. The van der Waals surface area contributed by atoms with Crippen LogP contribution in [0.1, 0.15) is 12.0 Å². The molecule has 0 radical (unpaired) electrons. The number of ether oxygens (including phenoxy) is 1. The largest absolute Gasteiger partial charge is 0.467 e. The van der Waals surface area contributed by atoms with Crippen molar-refractivity contribution in [3.8, 4) is 0 Å². The summed E-state index contributed by atoms with van der Waals surface area (Å²) in [5, 5.41) is 2.78. The molecule has 1 heterocycles. The fourth-order valence-corrected chi connectivity index (χ4v) is 2.87. The van der Waals surface area contributed by atoms with Gasteiger partial charge in [-0.1, -0.05) is 18.2 Å². The summed E-state index contributed by atoms with van der Waals surface area (Å²) in [6, 6.07) is 7.00. The Morgan fingerprint density at radius 3 is 2.90 bits per heavy atom. The van der Waals surface area contributed by atoms with Gasteiger partial charge >= 0.3 is 12.0 Å². The SMILES string of the molecule is COC(=O)C(CCSC)NC(=O)N1CCc2ccccc21. The van der Waals surface area contributed by atoms with Crippen LogP contribution in [0.3, 0.4) is 0 Å². The number of carbonyl (C=O) groups excluding carboxylic acids is 2. The number of hydrogen-bond donors (Lipinski definition) is 1. The summed E-state index contributed by atoms with van der Waals surface area (Å²) < 4.78 is 4.76. The number of para-hydroxylation sites is 1. The van der Waals surface area contributed by atoms with E-state index in [9.17, 15) is 9.59 Å². The van der Waals surface area contributed by atoms with E-state index in [2.05, 4.69) is 5.32 Å². The second-order valence-electron chi connectivity index (χ2n) is 4.84. The normalized spacial score (nSPS) is 14.5. The lowest BCUT2D eigenvalue weighted by molar-refractivity contribution is -0.142. The van der Waals surface area contributed by atoms with Gasteiger partial charge in [0.25, 0.3) is 0 Å². The molecule has 21 heavy (non-hydrogen) atoms. The first kappa shape index (κ1) is 15.7. The summed E-state index contributed by atoms with van der Waals surface area (Å²) in [6.45, 7) is 0.640. The van der Waals surface area contributed by atoms with Gasteiger partial charge in [-0.15, -0.1) is 0 Å². The predicted octanol–water partition coefficient (Wildman–Crippen LogP) is 2.05. The zero-order valence-corrected chi connectivity index (χ0v) is 13.1. The van der Waals surface area contributed by atoms with Crippen molar-refractivity contribution in [1.29, 1.82) is 0 Å². The Bertz CT molecular complexity index is 521. The number of benzene rings is 1. The molecule has 0 fully saturated rings. The Balaban J connectivity index is 2.04. The van der Waals surface area contributed by atoms with E-state index < -0.39 is 12.0 Å². The molecule has 1 aliphatic heterocycles. The van der Waals surface area contributed by atoms with Crippen LogP contribution in [0.5, 0.6) is 0 Å². The smallest absolute Gasteiger partial charge is 0.328 e. The average Bonchev–Trinajstić information content (AvgIpc) is 2.94. The first-order chi connectivity index (χ1) is 10.2. The molecule has 6 heteroatoms. The van der Waals surface area contributed by atoms with Crippen LogP contribution in [0.25, 0.3) is 0 Å². The van der Waals surface area contributed by atoms with Crippen LogP contribution in [0, 0.1) is 0 Å². The number of anilines is 1. The van der Waals surface area contributed by atoms with Crippen molar-refractivity contribution >= 4 is 29.4 Å². The standard InChI is InChI=1S/C15H20N2O3S/c1-20-14(18)12(8-10-21-2)16-15(19)17-9-7-11-5-3-4-6-13(11)17/h3-6,12H,7-10H2,1-2H3,(H,16,19). The van der Waals surface area contributed by atoms with E-state index in [1.807, 2.05) is 30.5 Å². The second-order valence-corrected chi connectivity index (χ2v) is 5.82. The van der Waals surface area contributed by atoms with Crippen molar-refractivity contribution in [3.05, 3.63) is 29.8 Å². The number of nitrogens with zero attached hydrogens (tertiary/aromatic N) is 1. The summed E-state index contributed by atoms with van der Waals surface area (Å²) in [7, 11) is 1.34. The molecule has 2 rings (SSSR count). The van der Waals surface area contributed by atoms with E-state index in [4.69, 9.17) is 4.74 Å². The number of esters is 1. The van der Waals surface area contributed by atoms with Crippen LogP contribution in [0.15, 0.2) is 24.3 Å². The summed E-state index contributed by atoms with van der Waals surface area (Å²) in [6.07, 6.45) is 3.37. The summed E-state index contributed by atoms with van der Waals surface area (Å²) in [5.74, 6) is 0.390. The Morgan fingerprint density at radius 1 is 1.43 bits per heavy atom. The maximum Gasteiger partial charge on any atom is 0.328 e. The highest BCUT2D eigenvalue weighted by molar-refractivity contribution is 7.98. The minimum absolute atomic E-state index is 0.239. The van der Waals surface area contributed by atoms with Gasteiger partial charge in [0.15, 0.2) is 0 Å². The van der Waals surface area contributed by atoms with Crippen molar-refractivity contribution in [2.45, 2.75) is 18.9 Å². The maximum atomic E-state index is 12.4. The van der Waals surface area contributed by atoms with Crippen molar-refractivity contribution in [2.24, 2.45) is 0 Å². The number of amides is 2. The fraction of sp³-hybridized carbons (Fsp3) is 0.467. The average molecular weight is 308 g/mol. The zero-order valence-electron chi connectivity index (χ0n) is 12.3. The topological polar surface area (TPSA) is 58.6 Å². The van der Waals surface area contributed by atoms with Crippen LogP contribution < -0.4 is 10.2 Å². The van der Waals surface area contributed by atoms with Gasteiger partial charge in [-0.25, -0.2) is 9.59 Å². The molecule has 0 bridgehead atoms. The van der Waals surface area contributed by atoms with Gasteiger partial charge in [-0.05, 0) is 36.5 Å². The monoisotopic (exact) mass is 308 g/mol. The van der Waals surface area contributed by atoms with Gasteiger partial charge in [0.05, 0.1) is 7.11 Å². The molecule has 0 saturated heterocycles. The van der Waals surface area contributed by atoms with E-state index >= 15 is 0 Å². The molecule has 0 aromatic heterocycles. The number of fused-ring (bicyclic) bond motifs is 1. The Hall–Kier alpha value is -1.69. The Morgan fingerprint density at radius 2 is 2.19 bits per heavy atom. The Labute approximate surface area is 129 Å². The number of hydrogen-bond acceptors (Lipinski definition) is 4. The van der Waals surface area contributed by atoms with Crippen molar-refractivity contribution in [1.82, 2.24) is 5.32 Å². The summed E-state index contributed by atoms with van der Waals surface area (Å²) >= 11 is 1.63. The third-order valence-electron chi connectivity index (χ3n) is 3.53. The minimum atomic E-state index is -0.595.